The summed E-state index contributed by atoms with van der Waals surface area (Å²) in [6.07, 6.45) is 0. The predicted molar refractivity (Wildman–Crippen MR) is 79.9 cm³/mol. The van der Waals surface area contributed by atoms with Gasteiger partial charge in [0, 0.05) is 17.7 Å². The van der Waals surface area contributed by atoms with Gasteiger partial charge >= 0.3 is 5.97 Å². The normalized spacial score (nSPS) is 19.3. The topological polar surface area (TPSA) is 46.6 Å². The Kier molecular flexibility index (Phi) is 4.09. The fourth-order valence-electron chi connectivity index (χ4n) is 1.99. The van der Waals surface area contributed by atoms with Crippen molar-refractivity contribution < 1.29 is 14.3 Å². The zero-order valence-corrected chi connectivity index (χ0v) is 13.0. The first-order valence-corrected chi connectivity index (χ1v) is 7.50. The Balaban J connectivity index is 2.24. The number of carbonyl (C=O) groups is 2. The summed E-state index contributed by atoms with van der Waals surface area (Å²) < 4.78 is 5.35. The van der Waals surface area contributed by atoms with Crippen molar-refractivity contribution in [2.75, 3.05) is 17.7 Å². The third-order valence-electron chi connectivity index (χ3n) is 2.95. The number of ether oxygens (including phenoxy) is 1. The second-order valence-corrected chi connectivity index (χ2v) is 6.82. The highest BCUT2D eigenvalue weighted by Gasteiger charge is 2.36. The number of nitrogens with zero attached hydrogens (tertiary/aromatic N) is 1. The number of hydrogen-bond donors (Lipinski definition) is 0. The molecule has 0 saturated carbocycles. The smallest absolute Gasteiger partial charge is 0.319 e. The Labute approximate surface area is 123 Å². The average molecular weight is 293 g/mol. The van der Waals surface area contributed by atoms with Crippen LogP contribution in [0.4, 0.5) is 5.69 Å². The van der Waals surface area contributed by atoms with Gasteiger partial charge in [-0.2, -0.15) is 0 Å². The summed E-state index contributed by atoms with van der Waals surface area (Å²) in [5, 5.41) is 0. The van der Waals surface area contributed by atoms with E-state index in [4.69, 9.17) is 4.74 Å². The lowest BCUT2D eigenvalue weighted by Gasteiger charge is -2.24. The van der Waals surface area contributed by atoms with Gasteiger partial charge in [0.2, 0.25) is 5.91 Å². The summed E-state index contributed by atoms with van der Waals surface area (Å²) in [5.41, 5.74) is 0.258. The summed E-state index contributed by atoms with van der Waals surface area (Å²) in [4.78, 5) is 27.2. The minimum absolute atomic E-state index is 0.211. The van der Waals surface area contributed by atoms with Gasteiger partial charge in [0.1, 0.15) is 11.5 Å². The Hall–Kier alpha value is -1.49. The highest BCUT2D eigenvalue weighted by atomic mass is 32.2. The molecule has 0 saturated heterocycles. The molecule has 1 heterocycles. The van der Waals surface area contributed by atoms with Crippen molar-refractivity contribution in [3.8, 4) is 0 Å². The SMILES string of the molecule is CN1C(=O)[C@@H](C(=O)OC(C)(C)C)CSc2ccccc21. The van der Waals surface area contributed by atoms with Gasteiger partial charge in [-0.05, 0) is 32.9 Å². The van der Waals surface area contributed by atoms with E-state index in [0.29, 0.717) is 5.75 Å². The van der Waals surface area contributed by atoms with Crippen molar-refractivity contribution in [2.24, 2.45) is 5.92 Å². The van der Waals surface area contributed by atoms with Crippen LogP contribution in [0.5, 0.6) is 0 Å². The molecule has 2 rings (SSSR count). The molecule has 0 spiro atoms. The molecule has 0 N–H and O–H groups in total. The van der Waals surface area contributed by atoms with E-state index >= 15 is 0 Å². The van der Waals surface area contributed by atoms with Crippen LogP contribution < -0.4 is 4.90 Å². The van der Waals surface area contributed by atoms with E-state index in [1.54, 1.807) is 32.7 Å². The summed E-state index contributed by atoms with van der Waals surface area (Å²) in [6, 6.07) is 7.66. The standard InChI is InChI=1S/C15H19NO3S/c1-15(2,3)19-14(18)10-9-20-12-8-6-5-7-11(12)16(4)13(10)17/h5-8,10H,9H2,1-4H3/t10-/m0/s1. The third-order valence-corrected chi connectivity index (χ3v) is 4.11. The molecule has 1 atom stereocenters. The minimum Gasteiger partial charge on any atom is -0.459 e. The van der Waals surface area contributed by atoms with Gasteiger partial charge in [0.05, 0.1) is 5.69 Å². The number of para-hydroxylation sites is 1. The Bertz CT molecular complexity index is 536. The monoisotopic (exact) mass is 293 g/mol. The van der Waals surface area contributed by atoms with Crippen LogP contribution >= 0.6 is 11.8 Å². The van der Waals surface area contributed by atoms with E-state index in [-0.39, 0.29) is 5.91 Å². The molecule has 1 aliphatic rings. The van der Waals surface area contributed by atoms with Gasteiger partial charge in [0.25, 0.3) is 0 Å². The number of carbonyl (C=O) groups excluding carboxylic acids is 2. The van der Waals surface area contributed by atoms with E-state index in [0.717, 1.165) is 10.6 Å². The van der Waals surface area contributed by atoms with E-state index in [9.17, 15) is 9.59 Å². The molecule has 0 aromatic heterocycles. The van der Waals surface area contributed by atoms with Crippen LogP contribution in [0.25, 0.3) is 0 Å². The minimum atomic E-state index is -0.753. The van der Waals surface area contributed by atoms with Crippen LogP contribution in [0.1, 0.15) is 20.8 Å². The Morgan fingerprint density at radius 2 is 2.00 bits per heavy atom. The highest BCUT2D eigenvalue weighted by Crippen LogP contribution is 2.35. The molecule has 0 fully saturated rings. The molecule has 1 aromatic rings. The van der Waals surface area contributed by atoms with Gasteiger partial charge in [-0.1, -0.05) is 12.1 Å². The van der Waals surface area contributed by atoms with Gasteiger partial charge < -0.3 is 9.64 Å². The first kappa shape index (κ1) is 14.9. The van der Waals surface area contributed by atoms with E-state index in [2.05, 4.69) is 0 Å². The van der Waals surface area contributed by atoms with Crippen molar-refractivity contribution >= 4 is 29.3 Å². The van der Waals surface area contributed by atoms with Crippen LogP contribution in [0.15, 0.2) is 29.2 Å². The molecule has 1 aliphatic heterocycles. The number of thioether (sulfide) groups is 1. The molecule has 108 valence electrons. The fraction of sp³-hybridized carbons (Fsp3) is 0.467. The van der Waals surface area contributed by atoms with Crippen LogP contribution in [-0.4, -0.2) is 30.3 Å². The summed E-state index contributed by atoms with van der Waals surface area (Å²) >= 11 is 1.52. The average Bonchev–Trinajstić information content (AvgIpc) is 2.47. The molecular formula is C15H19NO3S. The molecular weight excluding hydrogens is 274 g/mol. The number of anilines is 1. The molecule has 0 aliphatic carbocycles. The predicted octanol–water partition coefficient (Wildman–Crippen LogP) is 2.71. The zero-order valence-electron chi connectivity index (χ0n) is 12.2. The molecule has 20 heavy (non-hydrogen) atoms. The summed E-state index contributed by atoms with van der Waals surface area (Å²) in [7, 11) is 1.70. The lowest BCUT2D eigenvalue weighted by Crippen LogP contribution is -2.40. The third kappa shape index (κ3) is 3.15. The van der Waals surface area contributed by atoms with E-state index in [1.807, 2.05) is 24.3 Å². The lowest BCUT2D eigenvalue weighted by molar-refractivity contribution is -0.161. The van der Waals surface area contributed by atoms with Crippen LogP contribution in [0, 0.1) is 5.92 Å². The maximum Gasteiger partial charge on any atom is 0.319 e. The molecule has 1 aromatic carbocycles. The zero-order chi connectivity index (χ0) is 14.9. The largest absolute Gasteiger partial charge is 0.459 e. The van der Waals surface area contributed by atoms with Crippen molar-refractivity contribution in [3.05, 3.63) is 24.3 Å². The number of esters is 1. The number of benzene rings is 1. The number of fused-ring (bicyclic) bond motifs is 1. The quantitative estimate of drug-likeness (QED) is 0.590. The Morgan fingerprint density at radius 1 is 1.35 bits per heavy atom. The highest BCUT2D eigenvalue weighted by molar-refractivity contribution is 7.99. The molecule has 1 amide bonds. The van der Waals surface area contributed by atoms with Crippen LogP contribution in [-0.2, 0) is 14.3 Å². The van der Waals surface area contributed by atoms with E-state index < -0.39 is 17.5 Å². The van der Waals surface area contributed by atoms with Gasteiger partial charge in [-0.3, -0.25) is 9.59 Å². The number of rotatable bonds is 1. The van der Waals surface area contributed by atoms with Crippen LogP contribution in [0.2, 0.25) is 0 Å². The van der Waals surface area contributed by atoms with Crippen molar-refractivity contribution in [1.82, 2.24) is 0 Å². The maximum absolute atomic E-state index is 12.4. The summed E-state index contributed by atoms with van der Waals surface area (Å²) in [6.45, 7) is 5.41. The first-order chi connectivity index (χ1) is 9.29. The molecule has 0 radical (unpaired) electrons. The summed E-state index contributed by atoms with van der Waals surface area (Å²) in [5.74, 6) is -1.00. The fourth-order valence-corrected chi connectivity index (χ4v) is 3.15. The van der Waals surface area contributed by atoms with Gasteiger partial charge in [0.15, 0.2) is 0 Å². The van der Waals surface area contributed by atoms with Gasteiger partial charge in [-0.25, -0.2) is 0 Å². The molecule has 5 heteroatoms. The van der Waals surface area contributed by atoms with Crippen molar-refractivity contribution in [2.45, 2.75) is 31.3 Å². The van der Waals surface area contributed by atoms with Crippen LogP contribution in [0.3, 0.4) is 0 Å². The van der Waals surface area contributed by atoms with Crippen molar-refractivity contribution in [3.63, 3.8) is 0 Å². The molecule has 0 unspecified atom stereocenters. The second-order valence-electron chi connectivity index (χ2n) is 5.76. The first-order valence-electron chi connectivity index (χ1n) is 6.52. The lowest BCUT2D eigenvalue weighted by atomic mass is 10.1. The maximum atomic E-state index is 12.4. The number of amides is 1. The van der Waals surface area contributed by atoms with Crippen molar-refractivity contribution in [1.29, 1.82) is 0 Å². The number of hydrogen-bond acceptors (Lipinski definition) is 4. The van der Waals surface area contributed by atoms with E-state index in [1.165, 1.54) is 11.8 Å². The molecule has 4 nitrogen and oxygen atoms in total. The Morgan fingerprint density at radius 3 is 2.65 bits per heavy atom. The van der Waals surface area contributed by atoms with Gasteiger partial charge in [-0.15, -0.1) is 11.8 Å². The molecule has 0 bridgehead atoms. The second kappa shape index (κ2) is 5.48.